The Morgan fingerprint density at radius 2 is 1.90 bits per heavy atom. The van der Waals surface area contributed by atoms with Crippen LogP contribution >= 0.6 is 11.6 Å². The molecule has 0 unspecified atom stereocenters. The maximum Gasteiger partial charge on any atom is 0.254 e. The van der Waals surface area contributed by atoms with Gasteiger partial charge in [-0.2, -0.15) is 0 Å². The number of phenolic OH excluding ortho intramolecular Hbond substituents is 1. The first kappa shape index (κ1) is 21.9. The number of halogens is 1. The van der Waals surface area contributed by atoms with Gasteiger partial charge >= 0.3 is 0 Å². The van der Waals surface area contributed by atoms with Gasteiger partial charge in [-0.3, -0.25) is 9.59 Å². The van der Waals surface area contributed by atoms with Crippen molar-refractivity contribution in [2.24, 2.45) is 0 Å². The molecular formula is C23H26ClN3O3. The molecule has 0 saturated heterocycles. The molecule has 2 aromatic carbocycles. The summed E-state index contributed by atoms with van der Waals surface area (Å²) in [7, 11) is 3.85. The Labute approximate surface area is 181 Å². The average Bonchev–Trinajstić information content (AvgIpc) is 3.12. The lowest BCUT2D eigenvalue weighted by atomic mass is 10.0. The Kier molecular flexibility index (Phi) is 6.48. The number of hydrogen-bond acceptors (Lipinski definition) is 4. The summed E-state index contributed by atoms with van der Waals surface area (Å²) >= 11 is 6.37. The van der Waals surface area contributed by atoms with Crippen LogP contribution in [-0.2, 0) is 17.9 Å². The molecule has 0 radical (unpaired) electrons. The highest BCUT2D eigenvalue weighted by molar-refractivity contribution is 6.34. The van der Waals surface area contributed by atoms with E-state index in [1.54, 1.807) is 36.1 Å². The third-order valence-electron chi connectivity index (χ3n) is 5.33. The van der Waals surface area contributed by atoms with Crippen molar-refractivity contribution in [2.45, 2.75) is 26.9 Å². The van der Waals surface area contributed by atoms with Gasteiger partial charge in [0.25, 0.3) is 5.91 Å². The molecule has 0 bridgehead atoms. The highest BCUT2D eigenvalue weighted by Crippen LogP contribution is 2.36. The molecule has 0 atom stereocenters. The Morgan fingerprint density at radius 1 is 1.17 bits per heavy atom. The lowest BCUT2D eigenvalue weighted by Gasteiger charge is -2.18. The SMILES string of the molecule is Cc1c(O)ccc(C(=O)N2Cc3ccc(Cl)c(NC(=O)/C=C/CN(C)C)c3C2)c1C. The minimum Gasteiger partial charge on any atom is -0.508 e. The fourth-order valence-electron chi connectivity index (χ4n) is 3.47. The van der Waals surface area contributed by atoms with Crippen molar-refractivity contribution in [1.82, 2.24) is 9.80 Å². The molecule has 158 valence electrons. The van der Waals surface area contributed by atoms with E-state index in [1.165, 1.54) is 6.08 Å². The quantitative estimate of drug-likeness (QED) is 0.710. The molecular weight excluding hydrogens is 402 g/mol. The second-order valence-corrected chi connectivity index (χ2v) is 8.16. The number of nitrogens with one attached hydrogen (secondary N) is 1. The highest BCUT2D eigenvalue weighted by Gasteiger charge is 2.29. The fourth-order valence-corrected chi connectivity index (χ4v) is 3.69. The van der Waals surface area contributed by atoms with Crippen LogP contribution in [0.1, 0.15) is 32.6 Å². The molecule has 0 fully saturated rings. The first-order valence-corrected chi connectivity index (χ1v) is 10.1. The second kappa shape index (κ2) is 8.90. The summed E-state index contributed by atoms with van der Waals surface area (Å²) in [5.74, 6) is -0.208. The van der Waals surface area contributed by atoms with E-state index >= 15 is 0 Å². The van der Waals surface area contributed by atoms with Crippen LogP contribution in [-0.4, -0.2) is 47.4 Å². The van der Waals surface area contributed by atoms with Crippen molar-refractivity contribution < 1.29 is 14.7 Å². The Balaban J connectivity index is 1.82. The minimum absolute atomic E-state index is 0.119. The van der Waals surface area contributed by atoms with Crippen molar-refractivity contribution in [2.75, 3.05) is 26.0 Å². The Morgan fingerprint density at radius 3 is 2.60 bits per heavy atom. The summed E-state index contributed by atoms with van der Waals surface area (Å²) in [5.41, 5.74) is 4.35. The van der Waals surface area contributed by atoms with Crippen LogP contribution in [0.3, 0.4) is 0 Å². The number of likely N-dealkylation sites (N-methyl/N-ethyl adjacent to an activating group) is 1. The van der Waals surface area contributed by atoms with Crippen molar-refractivity contribution in [3.05, 3.63) is 69.3 Å². The fraction of sp³-hybridized carbons (Fsp3) is 0.304. The molecule has 0 saturated carbocycles. The molecule has 2 amide bonds. The van der Waals surface area contributed by atoms with E-state index in [1.807, 2.05) is 32.0 Å². The summed E-state index contributed by atoms with van der Waals surface area (Å²) in [6.45, 7) is 5.06. The molecule has 1 aliphatic heterocycles. The maximum absolute atomic E-state index is 13.1. The maximum atomic E-state index is 13.1. The zero-order valence-electron chi connectivity index (χ0n) is 17.6. The third-order valence-corrected chi connectivity index (χ3v) is 5.65. The average molecular weight is 428 g/mol. The Bertz CT molecular complexity index is 1030. The number of phenols is 1. The summed E-state index contributed by atoms with van der Waals surface area (Å²) < 4.78 is 0. The monoisotopic (exact) mass is 427 g/mol. The predicted octanol–water partition coefficient (Wildman–Crippen LogP) is 3.87. The first-order valence-electron chi connectivity index (χ1n) is 9.70. The normalized spacial score (nSPS) is 13.2. The van der Waals surface area contributed by atoms with E-state index in [9.17, 15) is 14.7 Å². The molecule has 2 N–H and O–H groups in total. The van der Waals surface area contributed by atoms with Gasteiger partial charge in [0, 0.05) is 36.8 Å². The third kappa shape index (κ3) is 4.50. The van der Waals surface area contributed by atoms with Crippen LogP contribution < -0.4 is 5.32 Å². The molecule has 1 heterocycles. The van der Waals surface area contributed by atoms with Crippen LogP contribution in [0.25, 0.3) is 0 Å². The highest BCUT2D eigenvalue weighted by atomic mass is 35.5. The zero-order chi connectivity index (χ0) is 22.0. The summed E-state index contributed by atoms with van der Waals surface area (Å²) in [5, 5.41) is 13.2. The van der Waals surface area contributed by atoms with Crippen LogP contribution in [0.4, 0.5) is 5.69 Å². The number of rotatable bonds is 5. The standard InChI is InChI=1S/C23H26ClN3O3/c1-14-15(2)20(28)10-8-17(14)23(30)27-12-16-7-9-19(24)22(18(16)13-27)25-21(29)6-5-11-26(3)4/h5-10,28H,11-13H2,1-4H3,(H,25,29)/b6-5+. The molecule has 30 heavy (non-hydrogen) atoms. The van der Waals surface area contributed by atoms with Gasteiger partial charge in [-0.05, 0) is 62.8 Å². The molecule has 1 aliphatic rings. The van der Waals surface area contributed by atoms with E-state index in [2.05, 4.69) is 5.32 Å². The summed E-state index contributed by atoms with van der Waals surface area (Å²) in [6, 6.07) is 6.82. The topological polar surface area (TPSA) is 72.9 Å². The lowest BCUT2D eigenvalue weighted by molar-refractivity contribution is -0.111. The molecule has 0 aromatic heterocycles. The molecule has 7 heteroatoms. The Hall–Kier alpha value is -2.83. The predicted molar refractivity (Wildman–Crippen MR) is 119 cm³/mol. The molecule has 3 rings (SSSR count). The van der Waals surface area contributed by atoms with Crippen LogP contribution in [0.15, 0.2) is 36.4 Å². The van der Waals surface area contributed by atoms with Crippen molar-refractivity contribution in [3.8, 4) is 5.75 Å². The van der Waals surface area contributed by atoms with Crippen LogP contribution in [0.2, 0.25) is 5.02 Å². The van der Waals surface area contributed by atoms with E-state index in [-0.39, 0.29) is 17.6 Å². The van der Waals surface area contributed by atoms with Gasteiger partial charge in [-0.1, -0.05) is 23.7 Å². The van der Waals surface area contributed by atoms with E-state index < -0.39 is 0 Å². The number of carbonyl (C=O) groups is 2. The van der Waals surface area contributed by atoms with Gasteiger partial charge in [0.05, 0.1) is 10.7 Å². The lowest BCUT2D eigenvalue weighted by Crippen LogP contribution is -2.26. The first-order chi connectivity index (χ1) is 14.2. The van der Waals surface area contributed by atoms with Gasteiger partial charge in [0.2, 0.25) is 5.91 Å². The van der Waals surface area contributed by atoms with E-state index in [0.29, 0.717) is 41.5 Å². The molecule has 2 aromatic rings. The van der Waals surface area contributed by atoms with Gasteiger partial charge in [0.15, 0.2) is 0 Å². The van der Waals surface area contributed by atoms with Crippen LogP contribution in [0.5, 0.6) is 5.75 Å². The van der Waals surface area contributed by atoms with Gasteiger partial charge in [0.1, 0.15) is 5.75 Å². The molecule has 6 nitrogen and oxygen atoms in total. The van der Waals surface area contributed by atoms with Crippen LogP contribution in [0, 0.1) is 13.8 Å². The number of benzene rings is 2. The van der Waals surface area contributed by atoms with Crippen molar-refractivity contribution >= 4 is 29.1 Å². The summed E-state index contributed by atoms with van der Waals surface area (Å²) in [6.07, 6.45) is 3.26. The largest absolute Gasteiger partial charge is 0.508 e. The number of amides is 2. The van der Waals surface area contributed by atoms with Gasteiger partial charge in [-0.15, -0.1) is 0 Å². The molecule has 0 aliphatic carbocycles. The summed E-state index contributed by atoms with van der Waals surface area (Å²) in [4.78, 5) is 29.1. The zero-order valence-corrected chi connectivity index (χ0v) is 18.4. The van der Waals surface area contributed by atoms with Gasteiger partial charge < -0.3 is 20.2 Å². The number of anilines is 1. The number of fused-ring (bicyclic) bond motifs is 1. The molecule has 0 spiro atoms. The number of hydrogen-bond donors (Lipinski definition) is 2. The minimum atomic E-state index is -0.262. The smallest absolute Gasteiger partial charge is 0.254 e. The van der Waals surface area contributed by atoms with E-state index in [0.717, 1.165) is 16.7 Å². The number of aromatic hydroxyl groups is 1. The van der Waals surface area contributed by atoms with Gasteiger partial charge in [-0.25, -0.2) is 0 Å². The van der Waals surface area contributed by atoms with Crippen molar-refractivity contribution in [3.63, 3.8) is 0 Å². The number of nitrogens with zero attached hydrogens (tertiary/aromatic N) is 2. The van der Waals surface area contributed by atoms with Crippen molar-refractivity contribution in [1.29, 1.82) is 0 Å². The number of carbonyl (C=O) groups excluding carboxylic acids is 2. The second-order valence-electron chi connectivity index (χ2n) is 7.76. The van der Waals surface area contributed by atoms with E-state index in [4.69, 9.17) is 11.6 Å².